The first-order valence-corrected chi connectivity index (χ1v) is 5.72. The van der Waals surface area contributed by atoms with Crippen molar-refractivity contribution in [3.8, 4) is 0 Å². The molecule has 0 saturated carbocycles. The second-order valence-corrected chi connectivity index (χ2v) is 4.58. The highest BCUT2D eigenvalue weighted by molar-refractivity contribution is 5.78. The Morgan fingerprint density at radius 3 is 2.67 bits per heavy atom. The van der Waals surface area contributed by atoms with Crippen LogP contribution < -0.4 is 5.32 Å². The number of rotatable bonds is 3. The Morgan fingerprint density at radius 2 is 2.00 bits per heavy atom. The van der Waals surface area contributed by atoms with E-state index in [2.05, 4.69) is 5.32 Å². The highest BCUT2D eigenvalue weighted by Crippen LogP contribution is 2.11. The van der Waals surface area contributed by atoms with Crippen molar-refractivity contribution in [3.63, 3.8) is 0 Å². The van der Waals surface area contributed by atoms with Crippen molar-refractivity contribution < 1.29 is 4.79 Å². The van der Waals surface area contributed by atoms with E-state index < -0.39 is 0 Å². The molecule has 4 heteroatoms. The van der Waals surface area contributed by atoms with Gasteiger partial charge in [-0.2, -0.15) is 0 Å². The topological polar surface area (TPSA) is 35.6 Å². The third kappa shape index (κ3) is 4.18. The zero-order chi connectivity index (χ0) is 11.3. The summed E-state index contributed by atoms with van der Waals surface area (Å²) in [6.07, 6.45) is 3.38. The van der Waals surface area contributed by atoms with Gasteiger partial charge in [0.15, 0.2) is 0 Å². The van der Waals surface area contributed by atoms with Crippen LogP contribution >= 0.6 is 0 Å². The van der Waals surface area contributed by atoms with Crippen molar-refractivity contribution >= 4 is 5.91 Å². The van der Waals surface area contributed by atoms with Crippen molar-refractivity contribution in [2.24, 2.45) is 0 Å². The maximum absolute atomic E-state index is 11.8. The number of nitrogens with one attached hydrogen (secondary N) is 1. The lowest BCUT2D eigenvalue weighted by Gasteiger charge is -2.28. The lowest BCUT2D eigenvalue weighted by Crippen LogP contribution is -2.42. The molecule has 1 atom stereocenters. The molecule has 0 aromatic heterocycles. The van der Waals surface area contributed by atoms with Crippen LogP contribution in [0.2, 0.25) is 0 Å². The molecule has 15 heavy (non-hydrogen) atoms. The Kier molecular flexibility index (Phi) is 5.05. The molecule has 0 spiro atoms. The lowest BCUT2D eigenvalue weighted by atomic mass is 10.1. The summed E-state index contributed by atoms with van der Waals surface area (Å²) in [7, 11) is 5.79. The second kappa shape index (κ2) is 6.08. The minimum absolute atomic E-state index is 0.229. The van der Waals surface area contributed by atoms with Crippen LogP contribution in [0.3, 0.4) is 0 Å². The molecule has 0 bridgehead atoms. The minimum atomic E-state index is 0.229. The molecule has 0 aliphatic carbocycles. The Labute approximate surface area is 92.6 Å². The summed E-state index contributed by atoms with van der Waals surface area (Å²) in [5.74, 6) is 0.229. The fraction of sp³-hybridized carbons (Fsp3) is 0.909. The predicted octanol–water partition coefficient (Wildman–Crippen LogP) is 0.149. The number of nitrogens with zero attached hydrogens (tertiary/aromatic N) is 2. The number of amides is 1. The van der Waals surface area contributed by atoms with Gasteiger partial charge in [0.25, 0.3) is 0 Å². The van der Waals surface area contributed by atoms with E-state index in [1.807, 2.05) is 30.9 Å². The van der Waals surface area contributed by atoms with Crippen molar-refractivity contribution in [3.05, 3.63) is 0 Å². The average molecular weight is 213 g/mol. The summed E-state index contributed by atoms with van der Waals surface area (Å²) in [6.45, 7) is 2.64. The summed E-state index contributed by atoms with van der Waals surface area (Å²) >= 11 is 0. The minimum Gasteiger partial charge on any atom is -0.342 e. The van der Waals surface area contributed by atoms with E-state index in [4.69, 9.17) is 0 Å². The van der Waals surface area contributed by atoms with Crippen molar-refractivity contribution in [1.82, 2.24) is 15.1 Å². The molecule has 1 heterocycles. The zero-order valence-electron chi connectivity index (χ0n) is 10.1. The molecule has 1 saturated heterocycles. The van der Waals surface area contributed by atoms with Crippen LogP contribution in [0.5, 0.6) is 0 Å². The smallest absolute Gasteiger partial charge is 0.236 e. The predicted molar refractivity (Wildman–Crippen MR) is 61.8 cm³/mol. The van der Waals surface area contributed by atoms with Gasteiger partial charge in [-0.05, 0) is 46.4 Å². The highest BCUT2D eigenvalue weighted by atomic mass is 16.2. The molecule has 1 aliphatic heterocycles. The first-order valence-electron chi connectivity index (χ1n) is 5.72. The van der Waals surface area contributed by atoms with E-state index in [0.29, 0.717) is 12.6 Å². The van der Waals surface area contributed by atoms with E-state index in [1.165, 1.54) is 6.42 Å². The molecule has 1 amide bonds. The second-order valence-electron chi connectivity index (χ2n) is 4.58. The van der Waals surface area contributed by atoms with Gasteiger partial charge in [0.2, 0.25) is 5.91 Å². The maximum Gasteiger partial charge on any atom is 0.236 e. The molecular weight excluding hydrogens is 190 g/mol. The summed E-state index contributed by atoms with van der Waals surface area (Å²) in [5, 5.41) is 3.36. The van der Waals surface area contributed by atoms with Gasteiger partial charge < -0.3 is 15.1 Å². The quantitative estimate of drug-likeness (QED) is 0.725. The molecule has 1 aliphatic rings. The summed E-state index contributed by atoms with van der Waals surface area (Å²) in [5.41, 5.74) is 0. The third-order valence-corrected chi connectivity index (χ3v) is 2.94. The van der Waals surface area contributed by atoms with Gasteiger partial charge in [-0.3, -0.25) is 4.79 Å². The zero-order valence-corrected chi connectivity index (χ0v) is 10.1. The molecule has 0 aromatic carbocycles. The summed E-state index contributed by atoms with van der Waals surface area (Å²) in [4.78, 5) is 15.7. The molecule has 1 N–H and O–H groups in total. The summed E-state index contributed by atoms with van der Waals surface area (Å²) in [6, 6.07) is 0.424. The van der Waals surface area contributed by atoms with Crippen LogP contribution in [0, 0.1) is 0 Å². The molecule has 4 nitrogen and oxygen atoms in total. The molecule has 0 radical (unpaired) electrons. The van der Waals surface area contributed by atoms with E-state index in [1.54, 1.807) is 0 Å². The van der Waals surface area contributed by atoms with Crippen LogP contribution in [0.15, 0.2) is 0 Å². The van der Waals surface area contributed by atoms with Crippen molar-refractivity contribution in [2.45, 2.75) is 25.3 Å². The van der Waals surface area contributed by atoms with Gasteiger partial charge in [-0.15, -0.1) is 0 Å². The van der Waals surface area contributed by atoms with E-state index >= 15 is 0 Å². The molecular formula is C11H23N3O. The Bertz CT molecular complexity index is 198. The van der Waals surface area contributed by atoms with Crippen LogP contribution in [-0.4, -0.2) is 62.5 Å². The first kappa shape index (κ1) is 12.5. The average Bonchev–Trinajstić information content (AvgIpc) is 2.43. The molecule has 0 aromatic rings. The highest BCUT2D eigenvalue weighted by Gasteiger charge is 2.20. The van der Waals surface area contributed by atoms with Crippen molar-refractivity contribution in [1.29, 1.82) is 0 Å². The van der Waals surface area contributed by atoms with E-state index in [9.17, 15) is 4.79 Å². The van der Waals surface area contributed by atoms with Gasteiger partial charge in [-0.25, -0.2) is 0 Å². The Morgan fingerprint density at radius 1 is 1.27 bits per heavy atom. The number of carbonyl (C=O) groups excluding carboxylic acids is 1. The number of likely N-dealkylation sites (N-methyl/N-ethyl adjacent to an activating group) is 2. The van der Waals surface area contributed by atoms with E-state index in [0.717, 1.165) is 25.9 Å². The normalized spacial score (nSPS) is 22.5. The lowest BCUT2D eigenvalue weighted by molar-refractivity contribution is -0.132. The van der Waals surface area contributed by atoms with Crippen LogP contribution in [-0.2, 0) is 4.79 Å². The van der Waals surface area contributed by atoms with E-state index in [-0.39, 0.29) is 5.91 Å². The van der Waals surface area contributed by atoms with Gasteiger partial charge in [0.1, 0.15) is 0 Å². The third-order valence-electron chi connectivity index (χ3n) is 2.94. The summed E-state index contributed by atoms with van der Waals surface area (Å²) < 4.78 is 0. The first-order chi connectivity index (χ1) is 7.11. The maximum atomic E-state index is 11.8. The van der Waals surface area contributed by atoms with Gasteiger partial charge in [-0.1, -0.05) is 0 Å². The standard InChI is InChI=1S/C11H23N3O/c1-13(2)9-11(15)14(3)10-5-4-7-12-8-6-10/h10,12H,4-9H2,1-3H3. The Balaban J connectivity index is 2.42. The molecule has 88 valence electrons. The fourth-order valence-corrected chi connectivity index (χ4v) is 1.97. The molecule has 1 rings (SSSR count). The monoisotopic (exact) mass is 213 g/mol. The SMILES string of the molecule is CN(C)CC(=O)N(C)C1CCCNCC1. The Hall–Kier alpha value is -0.610. The largest absolute Gasteiger partial charge is 0.342 e. The van der Waals surface area contributed by atoms with Crippen LogP contribution in [0.1, 0.15) is 19.3 Å². The van der Waals surface area contributed by atoms with Crippen molar-refractivity contribution in [2.75, 3.05) is 40.8 Å². The van der Waals surface area contributed by atoms with Crippen LogP contribution in [0.4, 0.5) is 0 Å². The number of hydrogen-bond acceptors (Lipinski definition) is 3. The number of carbonyl (C=O) groups is 1. The van der Waals surface area contributed by atoms with Crippen LogP contribution in [0.25, 0.3) is 0 Å². The van der Waals surface area contributed by atoms with Gasteiger partial charge in [0, 0.05) is 13.1 Å². The fourth-order valence-electron chi connectivity index (χ4n) is 1.97. The molecule has 1 unspecified atom stereocenters. The number of hydrogen-bond donors (Lipinski definition) is 1. The molecule has 1 fully saturated rings. The van der Waals surface area contributed by atoms with Gasteiger partial charge in [0.05, 0.1) is 6.54 Å². The van der Waals surface area contributed by atoms with Gasteiger partial charge >= 0.3 is 0 Å².